The highest BCUT2D eigenvalue weighted by Gasteiger charge is 2.56. The highest BCUT2D eigenvalue weighted by Crippen LogP contribution is 2.53. The van der Waals surface area contributed by atoms with E-state index in [1.807, 2.05) is 0 Å². The summed E-state index contributed by atoms with van der Waals surface area (Å²) in [4.78, 5) is 23.6. The van der Waals surface area contributed by atoms with Crippen LogP contribution in [0, 0.1) is 11.7 Å². The number of alkyl halides is 5. The molecule has 0 bridgehead atoms. The molecule has 0 aromatic heterocycles. The van der Waals surface area contributed by atoms with Crippen LogP contribution in [0.1, 0.15) is 16.8 Å². The zero-order valence-electron chi connectivity index (χ0n) is 11.6. The number of carbonyl (C=O) groups excluding carboxylic acids is 2. The first-order valence-corrected chi connectivity index (χ1v) is 7.57. The maximum atomic E-state index is 14.3. The highest BCUT2D eigenvalue weighted by atomic mass is 35.5. The molecule has 24 heavy (non-hydrogen) atoms. The number of nitrogens with one attached hydrogen (secondary N) is 2. The first-order valence-electron chi connectivity index (χ1n) is 6.44. The summed E-state index contributed by atoms with van der Waals surface area (Å²) in [7, 11) is 0. The molecule has 1 fully saturated rings. The molecule has 2 amide bonds. The fourth-order valence-electron chi connectivity index (χ4n) is 1.84. The first-order chi connectivity index (χ1) is 10.9. The molecule has 1 aromatic carbocycles. The third kappa shape index (κ3) is 4.43. The molecular weight excluding hydrogens is 399 g/mol. The van der Waals surface area contributed by atoms with Gasteiger partial charge >= 0.3 is 6.18 Å². The second-order valence-corrected chi connectivity index (χ2v) is 7.04. The number of anilines is 1. The van der Waals surface area contributed by atoms with E-state index in [4.69, 9.17) is 34.8 Å². The van der Waals surface area contributed by atoms with Gasteiger partial charge in [0, 0.05) is 0 Å². The van der Waals surface area contributed by atoms with E-state index in [0.717, 1.165) is 12.1 Å². The highest BCUT2D eigenvalue weighted by molar-refractivity contribution is 6.52. The molecule has 2 N–H and O–H groups in total. The molecule has 0 heterocycles. The predicted octanol–water partition coefficient (Wildman–Crippen LogP) is 3.90. The topological polar surface area (TPSA) is 58.2 Å². The van der Waals surface area contributed by atoms with Crippen LogP contribution in [0.15, 0.2) is 12.1 Å². The minimum Gasteiger partial charge on any atom is -0.343 e. The summed E-state index contributed by atoms with van der Waals surface area (Å²) in [5.41, 5.74) is -1.23. The average Bonchev–Trinajstić information content (AvgIpc) is 3.08. The Kier molecular flexibility index (Phi) is 5.22. The number of hydrogen-bond donors (Lipinski definition) is 2. The van der Waals surface area contributed by atoms with Crippen molar-refractivity contribution in [3.05, 3.63) is 28.5 Å². The summed E-state index contributed by atoms with van der Waals surface area (Å²) in [5, 5.41) is 3.28. The minimum atomic E-state index is -4.67. The lowest BCUT2D eigenvalue weighted by molar-refractivity contribution is -0.123. The van der Waals surface area contributed by atoms with Crippen LogP contribution in [0.5, 0.6) is 0 Å². The molecule has 0 radical (unpaired) electrons. The van der Waals surface area contributed by atoms with Gasteiger partial charge in [0.05, 0.1) is 22.2 Å². The molecule has 132 valence electrons. The van der Waals surface area contributed by atoms with Crippen molar-refractivity contribution in [2.45, 2.75) is 16.9 Å². The molecule has 0 spiro atoms. The van der Waals surface area contributed by atoms with Gasteiger partial charge in [0.25, 0.3) is 5.91 Å². The smallest absolute Gasteiger partial charge is 0.343 e. The Hall–Kier alpha value is -1.25. The van der Waals surface area contributed by atoms with Crippen molar-refractivity contribution >= 4 is 52.3 Å². The van der Waals surface area contributed by atoms with Gasteiger partial charge in [-0.2, -0.15) is 13.2 Å². The average molecular weight is 408 g/mol. The Bertz CT molecular complexity index is 695. The summed E-state index contributed by atoms with van der Waals surface area (Å²) < 4.78 is 49.5. The summed E-state index contributed by atoms with van der Waals surface area (Å²) in [6.45, 7) is -1.65. The van der Waals surface area contributed by atoms with E-state index in [-0.39, 0.29) is 6.42 Å². The number of rotatable bonds is 4. The van der Waals surface area contributed by atoms with E-state index in [9.17, 15) is 27.2 Å². The number of hydrogen-bond acceptors (Lipinski definition) is 2. The van der Waals surface area contributed by atoms with Crippen molar-refractivity contribution in [2.75, 3.05) is 11.9 Å². The van der Waals surface area contributed by atoms with Crippen molar-refractivity contribution in [2.24, 2.45) is 5.92 Å². The van der Waals surface area contributed by atoms with Crippen molar-refractivity contribution in [3.63, 3.8) is 0 Å². The lowest BCUT2D eigenvalue weighted by Gasteiger charge is -2.13. The largest absolute Gasteiger partial charge is 0.405 e. The van der Waals surface area contributed by atoms with Gasteiger partial charge in [-0.05, 0) is 18.6 Å². The molecule has 0 saturated heterocycles. The van der Waals surface area contributed by atoms with E-state index in [1.165, 1.54) is 5.32 Å². The maximum absolute atomic E-state index is 14.3. The number of amides is 2. The molecule has 0 aliphatic heterocycles. The molecule has 2 rings (SSSR count). The minimum absolute atomic E-state index is 0.177. The SMILES string of the molecule is O=C(NCC(F)(F)F)c1c(Cl)ccc(NC(=O)C2CC2(Cl)Cl)c1F. The van der Waals surface area contributed by atoms with Crippen LogP contribution in [0.4, 0.5) is 23.2 Å². The third-order valence-electron chi connectivity index (χ3n) is 3.17. The van der Waals surface area contributed by atoms with E-state index in [1.54, 1.807) is 0 Å². The van der Waals surface area contributed by atoms with Gasteiger partial charge < -0.3 is 10.6 Å². The van der Waals surface area contributed by atoms with E-state index in [2.05, 4.69) is 5.32 Å². The van der Waals surface area contributed by atoms with Crippen LogP contribution in [0.2, 0.25) is 5.02 Å². The Morgan fingerprint density at radius 1 is 1.29 bits per heavy atom. The molecule has 1 atom stereocenters. The van der Waals surface area contributed by atoms with Gasteiger partial charge in [-0.25, -0.2) is 4.39 Å². The van der Waals surface area contributed by atoms with Crippen molar-refractivity contribution < 1.29 is 27.2 Å². The van der Waals surface area contributed by atoms with Crippen LogP contribution < -0.4 is 10.6 Å². The van der Waals surface area contributed by atoms with Crippen LogP contribution in [-0.4, -0.2) is 28.9 Å². The van der Waals surface area contributed by atoms with E-state index >= 15 is 0 Å². The molecule has 1 saturated carbocycles. The number of carbonyl (C=O) groups is 2. The van der Waals surface area contributed by atoms with Crippen LogP contribution in [-0.2, 0) is 4.79 Å². The van der Waals surface area contributed by atoms with E-state index in [0.29, 0.717) is 0 Å². The monoisotopic (exact) mass is 406 g/mol. The fourth-order valence-corrected chi connectivity index (χ4v) is 2.58. The summed E-state index contributed by atoms with van der Waals surface area (Å²) in [6.07, 6.45) is -4.49. The van der Waals surface area contributed by atoms with Gasteiger partial charge in [-0.3, -0.25) is 9.59 Å². The van der Waals surface area contributed by atoms with E-state index < -0.39 is 56.9 Å². The summed E-state index contributed by atoms with van der Waals surface area (Å²) in [6, 6.07) is 2.15. The van der Waals surface area contributed by atoms with Crippen LogP contribution in [0.25, 0.3) is 0 Å². The second kappa shape index (κ2) is 6.57. The lowest BCUT2D eigenvalue weighted by atomic mass is 10.1. The van der Waals surface area contributed by atoms with Gasteiger partial charge in [-0.15, -0.1) is 23.2 Å². The summed E-state index contributed by atoms with van der Waals surface area (Å²) in [5.74, 6) is -4.05. The third-order valence-corrected chi connectivity index (χ3v) is 4.32. The van der Waals surface area contributed by atoms with Gasteiger partial charge in [0.2, 0.25) is 5.91 Å². The zero-order valence-corrected chi connectivity index (χ0v) is 13.9. The standard InChI is InChI=1S/C13H9Cl3F4N2O2/c14-6-1-2-7(22-10(23)5-3-12(5,15)16)9(17)8(6)11(24)21-4-13(18,19)20/h1-2,5H,3-4H2,(H,21,24)(H,22,23). The first kappa shape index (κ1) is 19.1. The molecule has 1 aliphatic carbocycles. The molecular formula is C13H9Cl3F4N2O2. The molecule has 1 aliphatic rings. The predicted molar refractivity (Wildman–Crippen MR) is 81.0 cm³/mol. The Labute approximate surface area is 148 Å². The quantitative estimate of drug-likeness (QED) is 0.587. The zero-order chi connectivity index (χ0) is 18.3. The van der Waals surface area contributed by atoms with Gasteiger partial charge in [-0.1, -0.05) is 11.6 Å². The Morgan fingerprint density at radius 3 is 2.38 bits per heavy atom. The Balaban J connectivity index is 2.18. The fraction of sp³-hybridized carbons (Fsp3) is 0.385. The molecule has 4 nitrogen and oxygen atoms in total. The van der Waals surface area contributed by atoms with Crippen molar-refractivity contribution in [1.82, 2.24) is 5.32 Å². The van der Waals surface area contributed by atoms with Crippen molar-refractivity contribution in [1.29, 1.82) is 0 Å². The summed E-state index contributed by atoms with van der Waals surface area (Å²) >= 11 is 17.1. The van der Waals surface area contributed by atoms with Crippen LogP contribution >= 0.6 is 34.8 Å². The molecule has 1 unspecified atom stereocenters. The molecule has 1 aromatic rings. The lowest BCUT2D eigenvalue weighted by Crippen LogP contribution is -2.34. The Morgan fingerprint density at radius 2 is 1.88 bits per heavy atom. The number of halogens is 7. The van der Waals surface area contributed by atoms with Crippen LogP contribution in [0.3, 0.4) is 0 Å². The van der Waals surface area contributed by atoms with Crippen molar-refractivity contribution in [3.8, 4) is 0 Å². The van der Waals surface area contributed by atoms with Gasteiger partial charge in [0.15, 0.2) is 5.82 Å². The normalized spacial score (nSPS) is 18.9. The molecule has 11 heteroatoms. The second-order valence-electron chi connectivity index (χ2n) is 5.09. The van der Waals surface area contributed by atoms with Gasteiger partial charge in [0.1, 0.15) is 10.9 Å². The number of benzene rings is 1. The maximum Gasteiger partial charge on any atom is 0.405 e.